The molecule has 0 spiro atoms. The van der Waals surface area contributed by atoms with Crippen LogP contribution in [0.15, 0.2) is 43.0 Å². The van der Waals surface area contributed by atoms with Crippen LogP contribution in [0.2, 0.25) is 0 Å². The van der Waals surface area contributed by atoms with E-state index in [2.05, 4.69) is 41.5 Å². The van der Waals surface area contributed by atoms with Crippen LogP contribution < -0.4 is 5.32 Å². The zero-order valence-corrected chi connectivity index (χ0v) is 15.4. The van der Waals surface area contributed by atoms with Crippen LogP contribution in [0.4, 0.5) is 0 Å². The minimum Gasteiger partial charge on any atom is -0.352 e. The molecule has 0 fully saturated rings. The molecular weight excluding hydrogens is 310 g/mol. The Labute approximate surface area is 151 Å². The zero-order valence-electron chi connectivity index (χ0n) is 15.4. The molecule has 1 aromatic carbocycles. The Morgan fingerprint density at radius 2 is 1.68 bits per heavy atom. The third kappa shape index (κ3) is 8.01. The topological polar surface area (TPSA) is 46.9 Å². The van der Waals surface area contributed by atoms with Crippen LogP contribution in [0.5, 0.6) is 0 Å². The van der Waals surface area contributed by atoms with Crippen molar-refractivity contribution in [2.75, 3.05) is 0 Å². The van der Waals surface area contributed by atoms with Crippen molar-refractivity contribution in [3.8, 4) is 0 Å². The number of unbranched alkanes of at least 4 members (excludes halogenated alkanes) is 6. The largest absolute Gasteiger partial charge is 0.352 e. The van der Waals surface area contributed by atoms with Crippen LogP contribution in [0.1, 0.15) is 69.4 Å². The number of rotatable bonds is 12. The number of nitrogens with zero attached hydrogens (tertiary/aromatic N) is 2. The lowest BCUT2D eigenvalue weighted by molar-refractivity contribution is -0.121. The van der Waals surface area contributed by atoms with Crippen LogP contribution in [0.25, 0.3) is 0 Å². The first-order valence-electron chi connectivity index (χ1n) is 9.58. The Balaban J connectivity index is 1.58. The molecule has 4 nitrogen and oxygen atoms in total. The molecular formula is C21H31N3O. The van der Waals surface area contributed by atoms with Gasteiger partial charge in [0.1, 0.15) is 0 Å². The molecule has 0 atom stereocenters. The van der Waals surface area contributed by atoms with E-state index >= 15 is 0 Å². The molecule has 0 radical (unpaired) electrons. The monoisotopic (exact) mass is 341 g/mol. The van der Waals surface area contributed by atoms with Crippen LogP contribution in [-0.2, 0) is 17.9 Å². The number of hydrogen-bond donors (Lipinski definition) is 1. The third-order valence-corrected chi connectivity index (χ3v) is 4.44. The molecule has 0 saturated heterocycles. The first kappa shape index (κ1) is 19.2. The van der Waals surface area contributed by atoms with Crippen LogP contribution in [-0.4, -0.2) is 15.5 Å². The lowest BCUT2D eigenvalue weighted by Crippen LogP contribution is -2.22. The van der Waals surface area contributed by atoms with Gasteiger partial charge in [-0.1, -0.05) is 69.7 Å². The van der Waals surface area contributed by atoms with Crippen molar-refractivity contribution in [1.82, 2.24) is 14.9 Å². The maximum Gasteiger partial charge on any atom is 0.220 e. The van der Waals surface area contributed by atoms with E-state index in [9.17, 15) is 4.79 Å². The fraction of sp³-hybridized carbons (Fsp3) is 0.524. The van der Waals surface area contributed by atoms with Crippen molar-refractivity contribution >= 4 is 5.91 Å². The molecule has 1 heterocycles. The van der Waals surface area contributed by atoms with E-state index < -0.39 is 0 Å². The Morgan fingerprint density at radius 3 is 2.36 bits per heavy atom. The molecule has 1 amide bonds. The van der Waals surface area contributed by atoms with Gasteiger partial charge in [-0.3, -0.25) is 4.79 Å². The highest BCUT2D eigenvalue weighted by atomic mass is 16.1. The van der Waals surface area contributed by atoms with Gasteiger partial charge >= 0.3 is 0 Å². The Bertz CT molecular complexity index is 590. The van der Waals surface area contributed by atoms with Gasteiger partial charge in [0.2, 0.25) is 5.91 Å². The van der Waals surface area contributed by atoms with E-state index in [4.69, 9.17) is 0 Å². The molecule has 0 aliphatic carbocycles. The Morgan fingerprint density at radius 1 is 1.00 bits per heavy atom. The van der Waals surface area contributed by atoms with Crippen molar-refractivity contribution in [1.29, 1.82) is 0 Å². The summed E-state index contributed by atoms with van der Waals surface area (Å²) in [6, 6.07) is 8.39. The lowest BCUT2D eigenvalue weighted by atomic mass is 10.1. The van der Waals surface area contributed by atoms with Crippen LogP contribution in [0, 0.1) is 0 Å². The van der Waals surface area contributed by atoms with Crippen molar-refractivity contribution in [2.24, 2.45) is 0 Å². The Hall–Kier alpha value is -2.10. The third-order valence-electron chi connectivity index (χ3n) is 4.44. The molecule has 136 valence electrons. The number of amides is 1. The van der Waals surface area contributed by atoms with Gasteiger partial charge in [-0.25, -0.2) is 4.98 Å². The van der Waals surface area contributed by atoms with Gasteiger partial charge in [0, 0.05) is 31.9 Å². The summed E-state index contributed by atoms with van der Waals surface area (Å²) < 4.78 is 2.04. The summed E-state index contributed by atoms with van der Waals surface area (Å²) in [5.74, 6) is 0.163. The lowest BCUT2D eigenvalue weighted by Gasteiger charge is -2.07. The summed E-state index contributed by atoms with van der Waals surface area (Å²) in [4.78, 5) is 16.0. The molecule has 1 N–H and O–H groups in total. The molecule has 4 heteroatoms. The molecule has 0 unspecified atom stereocenters. The fourth-order valence-corrected chi connectivity index (χ4v) is 2.89. The minimum atomic E-state index is 0.163. The number of hydrogen-bond acceptors (Lipinski definition) is 2. The van der Waals surface area contributed by atoms with Gasteiger partial charge in [0.25, 0.3) is 0 Å². The van der Waals surface area contributed by atoms with Crippen LogP contribution in [0.3, 0.4) is 0 Å². The van der Waals surface area contributed by atoms with E-state index in [1.54, 1.807) is 6.20 Å². The fourth-order valence-electron chi connectivity index (χ4n) is 2.89. The van der Waals surface area contributed by atoms with Gasteiger partial charge in [0.05, 0.1) is 6.33 Å². The smallest absolute Gasteiger partial charge is 0.220 e. The standard InChI is InChI=1S/C21H31N3O/c1-2-3-4-5-6-7-8-9-21(25)23-16-19-10-12-20(13-11-19)17-24-15-14-22-18-24/h10-15,18H,2-9,16-17H2,1H3,(H,23,25). The summed E-state index contributed by atoms with van der Waals surface area (Å²) in [5.41, 5.74) is 2.37. The maximum absolute atomic E-state index is 11.9. The SMILES string of the molecule is CCCCCCCCCC(=O)NCc1ccc(Cn2ccnc2)cc1. The minimum absolute atomic E-state index is 0.163. The number of imidazole rings is 1. The quantitative estimate of drug-likeness (QED) is 0.569. The van der Waals surface area contributed by atoms with Gasteiger partial charge in [-0.2, -0.15) is 0 Å². The number of carbonyl (C=O) groups is 1. The molecule has 2 aromatic rings. The highest BCUT2D eigenvalue weighted by Gasteiger charge is 2.02. The molecule has 0 bridgehead atoms. The molecule has 1 aromatic heterocycles. The number of aromatic nitrogens is 2. The summed E-state index contributed by atoms with van der Waals surface area (Å²) in [5, 5.41) is 3.02. The molecule has 0 aliphatic rings. The van der Waals surface area contributed by atoms with Gasteiger partial charge in [0.15, 0.2) is 0 Å². The van der Waals surface area contributed by atoms with E-state index in [0.717, 1.165) is 18.5 Å². The maximum atomic E-state index is 11.9. The summed E-state index contributed by atoms with van der Waals surface area (Å²) >= 11 is 0. The molecule has 0 aliphatic heterocycles. The van der Waals surface area contributed by atoms with Gasteiger partial charge < -0.3 is 9.88 Å². The predicted molar refractivity (Wildman–Crippen MR) is 102 cm³/mol. The average Bonchev–Trinajstić information content (AvgIpc) is 3.13. The van der Waals surface area contributed by atoms with E-state index in [1.165, 1.54) is 44.1 Å². The first-order valence-corrected chi connectivity index (χ1v) is 9.58. The summed E-state index contributed by atoms with van der Waals surface area (Å²) in [7, 11) is 0. The average molecular weight is 341 g/mol. The van der Waals surface area contributed by atoms with Crippen LogP contribution >= 0.6 is 0 Å². The molecule has 0 saturated carbocycles. The number of nitrogens with one attached hydrogen (secondary N) is 1. The van der Waals surface area contributed by atoms with E-state index in [-0.39, 0.29) is 5.91 Å². The normalized spacial score (nSPS) is 10.8. The first-order chi connectivity index (χ1) is 12.3. The zero-order chi connectivity index (χ0) is 17.7. The predicted octanol–water partition coefficient (Wildman–Crippen LogP) is 4.69. The van der Waals surface area contributed by atoms with Crippen molar-refractivity contribution < 1.29 is 4.79 Å². The Kier molecular flexibility index (Phi) is 8.81. The van der Waals surface area contributed by atoms with Gasteiger partial charge in [-0.15, -0.1) is 0 Å². The summed E-state index contributed by atoms with van der Waals surface area (Å²) in [6.07, 6.45) is 14.9. The van der Waals surface area contributed by atoms with Gasteiger partial charge in [-0.05, 0) is 17.5 Å². The highest BCUT2D eigenvalue weighted by Crippen LogP contribution is 2.09. The second kappa shape index (κ2) is 11.5. The number of benzene rings is 1. The van der Waals surface area contributed by atoms with Crippen molar-refractivity contribution in [2.45, 2.75) is 71.4 Å². The van der Waals surface area contributed by atoms with Crippen molar-refractivity contribution in [3.63, 3.8) is 0 Å². The van der Waals surface area contributed by atoms with E-state index in [1.807, 2.05) is 17.1 Å². The van der Waals surface area contributed by atoms with E-state index in [0.29, 0.717) is 13.0 Å². The second-order valence-electron chi connectivity index (χ2n) is 6.70. The molecule has 2 rings (SSSR count). The number of carbonyl (C=O) groups excluding carboxylic acids is 1. The highest BCUT2D eigenvalue weighted by molar-refractivity contribution is 5.75. The second-order valence-corrected chi connectivity index (χ2v) is 6.70. The molecule has 25 heavy (non-hydrogen) atoms. The van der Waals surface area contributed by atoms with Crippen molar-refractivity contribution in [3.05, 3.63) is 54.1 Å². The summed E-state index contributed by atoms with van der Waals surface area (Å²) in [6.45, 7) is 3.67.